The average molecular weight is 416 g/mol. The lowest BCUT2D eigenvalue weighted by molar-refractivity contribution is 0.232. The first kappa shape index (κ1) is 21.8. The van der Waals surface area contributed by atoms with Crippen LogP contribution in [0.3, 0.4) is 0 Å². The van der Waals surface area contributed by atoms with Gasteiger partial charge in [0.2, 0.25) is 0 Å². The van der Waals surface area contributed by atoms with Gasteiger partial charge in [-0.3, -0.25) is 0 Å². The molecule has 1 fully saturated rings. The van der Waals surface area contributed by atoms with Gasteiger partial charge in [0.25, 0.3) is 0 Å². The van der Waals surface area contributed by atoms with Gasteiger partial charge < -0.3 is 4.90 Å². The fourth-order valence-electron chi connectivity index (χ4n) is 3.38. The zero-order chi connectivity index (χ0) is 18.6. The van der Waals surface area contributed by atoms with Crippen molar-refractivity contribution in [2.45, 2.75) is 30.3 Å². The third kappa shape index (κ3) is 5.99. The fraction of sp³-hybridized carbons (Fsp3) is 0.400. The summed E-state index contributed by atoms with van der Waals surface area (Å²) in [6, 6.07) is 12.5. The van der Waals surface area contributed by atoms with Crippen LogP contribution in [0.1, 0.15) is 24.0 Å². The van der Waals surface area contributed by atoms with Crippen molar-refractivity contribution in [3.05, 3.63) is 71.3 Å². The van der Waals surface area contributed by atoms with Gasteiger partial charge in [0.15, 0.2) is 9.84 Å². The topological polar surface area (TPSA) is 37.4 Å². The molecular formula is C20H24ClF2NO2S. The molecule has 27 heavy (non-hydrogen) atoms. The molecule has 1 aliphatic rings. The Labute approximate surface area is 165 Å². The Balaban J connectivity index is 0.00000261. The first-order valence-corrected chi connectivity index (χ1v) is 10.6. The normalized spacial score (nSPS) is 16.1. The van der Waals surface area contributed by atoms with Crippen LogP contribution in [0.5, 0.6) is 0 Å². The van der Waals surface area contributed by atoms with Crippen LogP contribution >= 0.6 is 12.4 Å². The highest BCUT2D eigenvalue weighted by Crippen LogP contribution is 2.22. The number of nitrogens with zero attached hydrogens (tertiary/aromatic N) is 1. The van der Waals surface area contributed by atoms with E-state index >= 15 is 0 Å². The summed E-state index contributed by atoms with van der Waals surface area (Å²) in [6.45, 7) is 2.25. The average Bonchev–Trinajstić information content (AvgIpc) is 2.63. The smallest absolute Gasteiger partial charge is 0.157 e. The zero-order valence-corrected chi connectivity index (χ0v) is 16.6. The molecule has 0 unspecified atom stereocenters. The van der Waals surface area contributed by atoms with Gasteiger partial charge in [0.1, 0.15) is 11.6 Å². The molecule has 3 rings (SSSR count). The molecule has 7 heteroatoms. The van der Waals surface area contributed by atoms with E-state index in [1.54, 1.807) is 24.3 Å². The summed E-state index contributed by atoms with van der Waals surface area (Å²) in [5.74, 6) is -0.942. The lowest BCUT2D eigenvalue weighted by Gasteiger charge is -2.31. The van der Waals surface area contributed by atoms with Gasteiger partial charge in [0.05, 0.1) is 11.0 Å². The van der Waals surface area contributed by atoms with Crippen LogP contribution in [0.4, 0.5) is 8.78 Å². The molecule has 0 amide bonds. The second kappa shape index (κ2) is 9.62. The molecule has 0 aromatic heterocycles. The van der Waals surface area contributed by atoms with E-state index in [4.69, 9.17) is 0 Å². The lowest BCUT2D eigenvalue weighted by atomic mass is 10.1. The molecule has 2 aromatic carbocycles. The van der Waals surface area contributed by atoms with E-state index < -0.39 is 20.9 Å². The van der Waals surface area contributed by atoms with Gasteiger partial charge in [-0.1, -0.05) is 30.3 Å². The predicted molar refractivity (Wildman–Crippen MR) is 106 cm³/mol. The minimum absolute atomic E-state index is 0. The zero-order valence-electron chi connectivity index (χ0n) is 15.0. The highest BCUT2D eigenvalue weighted by Gasteiger charge is 2.30. The number of sulfone groups is 1. The third-order valence-electron chi connectivity index (χ3n) is 4.99. The van der Waals surface area contributed by atoms with E-state index in [9.17, 15) is 17.2 Å². The highest BCUT2D eigenvalue weighted by atomic mass is 35.5. The summed E-state index contributed by atoms with van der Waals surface area (Å²) in [4.78, 5) is 2.23. The summed E-state index contributed by atoms with van der Waals surface area (Å²) in [7, 11) is -3.36. The molecule has 0 atom stereocenters. The maximum Gasteiger partial charge on any atom is 0.157 e. The van der Waals surface area contributed by atoms with E-state index in [0.717, 1.165) is 18.5 Å². The largest absolute Gasteiger partial charge is 0.303 e. The number of hydrogen-bond donors (Lipinski definition) is 0. The van der Waals surface area contributed by atoms with Crippen LogP contribution in [0.15, 0.2) is 48.5 Å². The Morgan fingerprint density at radius 2 is 1.59 bits per heavy atom. The monoisotopic (exact) mass is 415 g/mol. The van der Waals surface area contributed by atoms with Crippen molar-refractivity contribution < 1.29 is 17.2 Å². The Hall–Kier alpha value is -1.50. The Kier molecular flexibility index (Phi) is 7.77. The summed E-state index contributed by atoms with van der Waals surface area (Å²) in [5.41, 5.74) is 1.31. The van der Waals surface area contributed by atoms with Crippen molar-refractivity contribution >= 4 is 22.2 Å². The maximum absolute atomic E-state index is 13.7. The van der Waals surface area contributed by atoms with Gasteiger partial charge in [-0.15, -0.1) is 12.4 Å². The van der Waals surface area contributed by atoms with Crippen LogP contribution in [-0.2, 0) is 22.0 Å². The van der Waals surface area contributed by atoms with E-state index in [2.05, 4.69) is 4.90 Å². The Morgan fingerprint density at radius 1 is 0.963 bits per heavy atom. The van der Waals surface area contributed by atoms with Crippen molar-refractivity contribution in [3.63, 3.8) is 0 Å². The highest BCUT2D eigenvalue weighted by molar-refractivity contribution is 7.91. The van der Waals surface area contributed by atoms with E-state index in [1.807, 2.05) is 0 Å². The quantitative estimate of drug-likeness (QED) is 0.715. The number of rotatable bonds is 6. The van der Waals surface area contributed by atoms with Crippen LogP contribution in [0, 0.1) is 11.6 Å². The molecule has 1 saturated heterocycles. The molecule has 0 saturated carbocycles. The molecule has 0 spiro atoms. The first-order chi connectivity index (χ1) is 12.4. The molecule has 2 aromatic rings. The number of likely N-dealkylation sites (tertiary alicyclic amines) is 1. The number of halogens is 3. The molecule has 148 valence electrons. The Bertz CT molecular complexity index is 835. The molecule has 0 aliphatic carbocycles. The number of piperidine rings is 1. The molecule has 0 bridgehead atoms. The number of benzene rings is 2. The summed E-state index contributed by atoms with van der Waals surface area (Å²) in [6.07, 6.45) is 1.95. The predicted octanol–water partition coefficient (Wildman–Crippen LogP) is 4.01. The van der Waals surface area contributed by atoms with Gasteiger partial charge in [-0.2, -0.15) is 0 Å². The minimum Gasteiger partial charge on any atom is -0.303 e. The second-order valence-corrected chi connectivity index (χ2v) is 9.10. The van der Waals surface area contributed by atoms with Crippen LogP contribution in [-0.4, -0.2) is 38.2 Å². The summed E-state index contributed by atoms with van der Waals surface area (Å²) >= 11 is 0. The van der Waals surface area contributed by atoms with E-state index in [-0.39, 0.29) is 29.5 Å². The summed E-state index contributed by atoms with van der Waals surface area (Å²) < 4.78 is 51.9. The molecular weight excluding hydrogens is 392 g/mol. The standard InChI is InChI=1S/C20H23F2NO2S.ClH/c21-18-7-5-16(6-8-18)9-12-23-13-10-19(11-14-23)26(24,25)15-17-3-1-2-4-20(17)22;/h1-8,19H,9-15H2;1H. The second-order valence-electron chi connectivity index (χ2n) is 6.82. The third-order valence-corrected chi connectivity index (χ3v) is 7.19. The molecule has 1 heterocycles. The van der Waals surface area contributed by atoms with Gasteiger partial charge in [-0.05, 0) is 56.1 Å². The lowest BCUT2D eigenvalue weighted by Crippen LogP contribution is -2.40. The van der Waals surface area contributed by atoms with Crippen LogP contribution < -0.4 is 0 Å². The fourth-order valence-corrected chi connectivity index (χ4v) is 5.21. The van der Waals surface area contributed by atoms with Crippen molar-refractivity contribution in [2.75, 3.05) is 19.6 Å². The minimum atomic E-state index is -3.36. The van der Waals surface area contributed by atoms with Crippen molar-refractivity contribution in [1.29, 1.82) is 0 Å². The Morgan fingerprint density at radius 3 is 2.22 bits per heavy atom. The van der Waals surface area contributed by atoms with Gasteiger partial charge in [0, 0.05) is 12.1 Å². The van der Waals surface area contributed by atoms with Crippen molar-refractivity contribution in [1.82, 2.24) is 4.90 Å². The SMILES string of the molecule is Cl.O=S(=O)(Cc1ccccc1F)C1CCN(CCc2ccc(F)cc2)CC1. The van der Waals surface area contributed by atoms with Crippen LogP contribution in [0.25, 0.3) is 0 Å². The molecule has 0 radical (unpaired) electrons. The number of hydrogen-bond acceptors (Lipinski definition) is 3. The summed E-state index contributed by atoms with van der Waals surface area (Å²) in [5, 5.41) is -0.413. The van der Waals surface area contributed by atoms with Crippen molar-refractivity contribution in [2.24, 2.45) is 0 Å². The van der Waals surface area contributed by atoms with Gasteiger partial charge in [-0.25, -0.2) is 17.2 Å². The van der Waals surface area contributed by atoms with E-state index in [1.165, 1.54) is 24.3 Å². The molecule has 1 aliphatic heterocycles. The first-order valence-electron chi connectivity index (χ1n) is 8.86. The van der Waals surface area contributed by atoms with E-state index in [0.29, 0.717) is 25.9 Å². The maximum atomic E-state index is 13.7. The van der Waals surface area contributed by atoms with Crippen molar-refractivity contribution in [3.8, 4) is 0 Å². The molecule has 3 nitrogen and oxygen atoms in total. The molecule has 0 N–H and O–H groups in total. The van der Waals surface area contributed by atoms with Crippen LogP contribution in [0.2, 0.25) is 0 Å². The van der Waals surface area contributed by atoms with Gasteiger partial charge >= 0.3 is 0 Å².